The Kier molecular flexibility index (Phi) is 7.63. The minimum absolute atomic E-state index is 0.144. The highest BCUT2D eigenvalue weighted by atomic mass is 16.5. The maximum atomic E-state index is 5.95. The molecule has 0 unspecified atom stereocenters. The van der Waals surface area contributed by atoms with Gasteiger partial charge in [0.05, 0.1) is 6.61 Å². The second-order valence-electron chi connectivity index (χ2n) is 6.86. The predicted molar refractivity (Wildman–Crippen MR) is 93.6 cm³/mol. The van der Waals surface area contributed by atoms with Crippen LogP contribution in [0.3, 0.4) is 0 Å². The Balaban J connectivity index is 2.47. The van der Waals surface area contributed by atoms with Gasteiger partial charge in [0.25, 0.3) is 0 Å². The summed E-state index contributed by atoms with van der Waals surface area (Å²) in [5, 5.41) is 3.22. The van der Waals surface area contributed by atoms with Crippen LogP contribution < -0.4 is 10.1 Å². The SMILES string of the molecule is CCCCCCCCOc1cc(NC)cc(C(C)(C)C)c1. The summed E-state index contributed by atoms with van der Waals surface area (Å²) in [6.45, 7) is 9.78. The first-order valence-corrected chi connectivity index (χ1v) is 8.43. The first-order chi connectivity index (χ1) is 9.97. The van der Waals surface area contributed by atoms with Crippen molar-refractivity contribution < 1.29 is 4.74 Å². The van der Waals surface area contributed by atoms with Crippen LogP contribution in [0.4, 0.5) is 5.69 Å². The van der Waals surface area contributed by atoms with E-state index in [4.69, 9.17) is 4.74 Å². The van der Waals surface area contributed by atoms with E-state index in [1.165, 1.54) is 37.7 Å². The van der Waals surface area contributed by atoms with Crippen molar-refractivity contribution >= 4 is 5.69 Å². The second kappa shape index (κ2) is 8.96. The monoisotopic (exact) mass is 291 g/mol. The Labute approximate surface area is 131 Å². The van der Waals surface area contributed by atoms with Crippen molar-refractivity contribution in [3.63, 3.8) is 0 Å². The molecule has 0 aliphatic heterocycles. The molecule has 2 heteroatoms. The molecule has 0 spiro atoms. The van der Waals surface area contributed by atoms with Crippen molar-refractivity contribution in [1.29, 1.82) is 0 Å². The topological polar surface area (TPSA) is 21.3 Å². The van der Waals surface area contributed by atoms with E-state index in [9.17, 15) is 0 Å². The Morgan fingerprint density at radius 3 is 2.24 bits per heavy atom. The Morgan fingerprint density at radius 1 is 0.952 bits per heavy atom. The lowest BCUT2D eigenvalue weighted by molar-refractivity contribution is 0.303. The summed E-state index contributed by atoms with van der Waals surface area (Å²) in [6.07, 6.45) is 7.79. The molecule has 0 atom stereocenters. The fraction of sp³-hybridized carbons (Fsp3) is 0.684. The zero-order chi connectivity index (χ0) is 15.7. The van der Waals surface area contributed by atoms with E-state index in [1.54, 1.807) is 0 Å². The summed E-state index contributed by atoms with van der Waals surface area (Å²) in [6, 6.07) is 6.47. The van der Waals surface area contributed by atoms with Crippen molar-refractivity contribution in [3.8, 4) is 5.75 Å². The molecule has 0 aliphatic carbocycles. The summed E-state index contributed by atoms with van der Waals surface area (Å²) in [7, 11) is 1.96. The van der Waals surface area contributed by atoms with E-state index in [-0.39, 0.29) is 5.41 Å². The average molecular weight is 291 g/mol. The standard InChI is InChI=1S/C19H33NO/c1-6-7-8-9-10-11-12-21-18-14-16(19(2,3)4)13-17(15-18)20-5/h13-15,20H,6-12H2,1-5H3. The molecule has 0 radical (unpaired) electrons. The number of ether oxygens (including phenoxy) is 1. The molecule has 120 valence electrons. The predicted octanol–water partition coefficient (Wildman–Crippen LogP) is 5.77. The fourth-order valence-electron chi connectivity index (χ4n) is 2.33. The zero-order valence-corrected chi connectivity index (χ0v) is 14.6. The van der Waals surface area contributed by atoms with Gasteiger partial charge in [-0.3, -0.25) is 0 Å². The van der Waals surface area contributed by atoms with E-state index < -0.39 is 0 Å². The van der Waals surface area contributed by atoms with E-state index >= 15 is 0 Å². The molecule has 21 heavy (non-hydrogen) atoms. The third kappa shape index (κ3) is 6.88. The maximum Gasteiger partial charge on any atom is 0.121 e. The van der Waals surface area contributed by atoms with Crippen LogP contribution in [0.5, 0.6) is 5.75 Å². The normalized spacial score (nSPS) is 11.5. The minimum atomic E-state index is 0.144. The van der Waals surface area contributed by atoms with Crippen LogP contribution in [-0.4, -0.2) is 13.7 Å². The minimum Gasteiger partial charge on any atom is -0.494 e. The van der Waals surface area contributed by atoms with E-state index in [0.717, 1.165) is 24.5 Å². The van der Waals surface area contributed by atoms with Crippen LogP contribution >= 0.6 is 0 Å². The summed E-state index contributed by atoms with van der Waals surface area (Å²) in [5.74, 6) is 0.986. The molecule has 0 aromatic heterocycles. The highest BCUT2D eigenvalue weighted by Gasteiger charge is 2.15. The molecule has 0 saturated carbocycles. The van der Waals surface area contributed by atoms with Gasteiger partial charge in [0, 0.05) is 18.8 Å². The molecule has 0 aliphatic rings. The molecular weight excluding hydrogens is 258 g/mol. The van der Waals surface area contributed by atoms with Gasteiger partial charge in [-0.15, -0.1) is 0 Å². The number of anilines is 1. The van der Waals surface area contributed by atoms with Gasteiger partial charge in [-0.25, -0.2) is 0 Å². The van der Waals surface area contributed by atoms with Crippen LogP contribution in [-0.2, 0) is 5.41 Å². The van der Waals surface area contributed by atoms with Crippen LogP contribution in [0, 0.1) is 0 Å². The third-order valence-electron chi connectivity index (χ3n) is 3.83. The zero-order valence-electron chi connectivity index (χ0n) is 14.6. The highest BCUT2D eigenvalue weighted by molar-refractivity contribution is 5.52. The number of rotatable bonds is 9. The highest BCUT2D eigenvalue weighted by Crippen LogP contribution is 2.29. The number of unbranched alkanes of at least 4 members (excludes halogenated alkanes) is 5. The molecule has 0 heterocycles. The van der Waals surface area contributed by atoms with Gasteiger partial charge in [0.1, 0.15) is 5.75 Å². The molecule has 1 N–H and O–H groups in total. The summed E-state index contributed by atoms with van der Waals surface area (Å²) < 4.78 is 5.95. The lowest BCUT2D eigenvalue weighted by atomic mass is 9.86. The van der Waals surface area contributed by atoms with E-state index in [0.29, 0.717) is 0 Å². The quantitative estimate of drug-likeness (QED) is 0.584. The van der Waals surface area contributed by atoms with Gasteiger partial charge in [-0.05, 0) is 29.5 Å². The van der Waals surface area contributed by atoms with Crippen LogP contribution in [0.25, 0.3) is 0 Å². The van der Waals surface area contributed by atoms with Gasteiger partial charge in [-0.2, -0.15) is 0 Å². The second-order valence-corrected chi connectivity index (χ2v) is 6.86. The van der Waals surface area contributed by atoms with Crippen molar-refractivity contribution in [1.82, 2.24) is 0 Å². The molecule has 1 aromatic rings. The molecule has 0 fully saturated rings. The largest absolute Gasteiger partial charge is 0.494 e. The molecular formula is C19H33NO. The number of nitrogens with one attached hydrogen (secondary N) is 1. The third-order valence-corrected chi connectivity index (χ3v) is 3.83. The fourth-order valence-corrected chi connectivity index (χ4v) is 2.33. The Morgan fingerprint density at radius 2 is 1.62 bits per heavy atom. The molecule has 0 amide bonds. The first-order valence-electron chi connectivity index (χ1n) is 8.43. The van der Waals surface area contributed by atoms with Crippen LogP contribution in [0.2, 0.25) is 0 Å². The van der Waals surface area contributed by atoms with Gasteiger partial charge in [-0.1, -0.05) is 59.8 Å². The summed E-state index contributed by atoms with van der Waals surface area (Å²) >= 11 is 0. The number of benzene rings is 1. The van der Waals surface area contributed by atoms with Crippen LogP contribution in [0.15, 0.2) is 18.2 Å². The smallest absolute Gasteiger partial charge is 0.121 e. The van der Waals surface area contributed by atoms with Gasteiger partial charge < -0.3 is 10.1 Å². The molecule has 0 saturated heterocycles. The first kappa shape index (κ1) is 17.9. The van der Waals surface area contributed by atoms with Crippen LogP contribution in [0.1, 0.15) is 71.8 Å². The summed E-state index contributed by atoms with van der Waals surface area (Å²) in [4.78, 5) is 0. The molecule has 1 aromatic carbocycles. The average Bonchev–Trinajstić information content (AvgIpc) is 2.45. The molecule has 1 rings (SSSR count). The van der Waals surface area contributed by atoms with Gasteiger partial charge >= 0.3 is 0 Å². The van der Waals surface area contributed by atoms with Crippen molar-refractivity contribution in [2.24, 2.45) is 0 Å². The Hall–Kier alpha value is -1.18. The number of hydrogen-bond acceptors (Lipinski definition) is 2. The van der Waals surface area contributed by atoms with Crippen molar-refractivity contribution in [3.05, 3.63) is 23.8 Å². The van der Waals surface area contributed by atoms with E-state index in [1.807, 2.05) is 7.05 Å². The summed E-state index contributed by atoms with van der Waals surface area (Å²) in [5.41, 5.74) is 2.58. The molecule has 0 bridgehead atoms. The lowest BCUT2D eigenvalue weighted by Crippen LogP contribution is -2.12. The van der Waals surface area contributed by atoms with Gasteiger partial charge in [0.15, 0.2) is 0 Å². The number of hydrogen-bond donors (Lipinski definition) is 1. The lowest BCUT2D eigenvalue weighted by Gasteiger charge is -2.21. The van der Waals surface area contributed by atoms with Crippen molar-refractivity contribution in [2.75, 3.05) is 19.0 Å². The van der Waals surface area contributed by atoms with Gasteiger partial charge in [0.2, 0.25) is 0 Å². The maximum absolute atomic E-state index is 5.95. The van der Waals surface area contributed by atoms with E-state index in [2.05, 4.69) is 51.2 Å². The Bertz CT molecular complexity index is 407. The molecule has 2 nitrogen and oxygen atoms in total. The van der Waals surface area contributed by atoms with Crippen molar-refractivity contribution in [2.45, 2.75) is 71.6 Å².